The van der Waals surface area contributed by atoms with E-state index >= 15 is 0 Å². The SMILES string of the molecule is Brc1cc2c(c(CNC3CCCSC3)c1)OCC2. The molecule has 2 heterocycles. The van der Waals surface area contributed by atoms with Gasteiger partial charge in [-0.25, -0.2) is 0 Å². The number of ether oxygens (including phenoxy) is 1. The van der Waals surface area contributed by atoms with Crippen molar-refractivity contribution in [1.29, 1.82) is 0 Å². The van der Waals surface area contributed by atoms with Crippen molar-refractivity contribution in [3.05, 3.63) is 27.7 Å². The summed E-state index contributed by atoms with van der Waals surface area (Å²) in [7, 11) is 0. The van der Waals surface area contributed by atoms with Gasteiger partial charge in [0.05, 0.1) is 6.61 Å². The third kappa shape index (κ3) is 2.86. The first kappa shape index (κ1) is 12.8. The van der Waals surface area contributed by atoms with Crippen LogP contribution in [0, 0.1) is 0 Å². The normalized spacial score (nSPS) is 22.6. The van der Waals surface area contributed by atoms with Crippen molar-refractivity contribution < 1.29 is 4.74 Å². The van der Waals surface area contributed by atoms with Crippen LogP contribution in [0.15, 0.2) is 16.6 Å². The molecule has 3 rings (SSSR count). The lowest BCUT2D eigenvalue weighted by atomic mass is 10.1. The van der Waals surface area contributed by atoms with Crippen LogP contribution in [0.25, 0.3) is 0 Å². The first-order chi connectivity index (χ1) is 8.83. The van der Waals surface area contributed by atoms with Crippen molar-refractivity contribution in [1.82, 2.24) is 5.32 Å². The summed E-state index contributed by atoms with van der Waals surface area (Å²) < 4.78 is 6.93. The lowest BCUT2D eigenvalue weighted by Gasteiger charge is -2.23. The van der Waals surface area contributed by atoms with Gasteiger partial charge in [-0.15, -0.1) is 0 Å². The molecule has 0 aliphatic carbocycles. The summed E-state index contributed by atoms with van der Waals surface area (Å²) in [6.07, 6.45) is 3.69. The molecule has 4 heteroatoms. The number of halogens is 1. The molecule has 1 N–H and O–H groups in total. The van der Waals surface area contributed by atoms with E-state index in [9.17, 15) is 0 Å². The monoisotopic (exact) mass is 327 g/mol. The molecule has 1 unspecified atom stereocenters. The standard InChI is InChI=1S/C14H18BrNOS/c15-12-6-10-3-4-17-14(10)11(7-12)8-16-13-2-1-5-18-9-13/h6-7,13,16H,1-5,8-9H2. The van der Waals surface area contributed by atoms with Crippen LogP contribution in [0.3, 0.4) is 0 Å². The van der Waals surface area contributed by atoms with Crippen molar-refractivity contribution in [3.8, 4) is 5.75 Å². The molecule has 1 saturated heterocycles. The molecule has 1 aromatic carbocycles. The number of hydrogen-bond acceptors (Lipinski definition) is 3. The zero-order valence-electron chi connectivity index (χ0n) is 10.4. The maximum absolute atomic E-state index is 5.76. The summed E-state index contributed by atoms with van der Waals surface area (Å²) in [5, 5.41) is 3.67. The Balaban J connectivity index is 1.68. The second-order valence-corrected chi connectivity index (χ2v) is 7.01. The van der Waals surface area contributed by atoms with Crippen LogP contribution in [0.1, 0.15) is 24.0 Å². The third-order valence-corrected chi connectivity index (χ3v) is 5.24. The molecular formula is C14H18BrNOS. The van der Waals surface area contributed by atoms with Crippen molar-refractivity contribution in [2.24, 2.45) is 0 Å². The van der Waals surface area contributed by atoms with Gasteiger partial charge in [0, 0.05) is 34.8 Å². The average Bonchev–Trinajstić information content (AvgIpc) is 2.85. The van der Waals surface area contributed by atoms with Gasteiger partial charge in [0.25, 0.3) is 0 Å². The van der Waals surface area contributed by atoms with Crippen LogP contribution in [0.2, 0.25) is 0 Å². The van der Waals surface area contributed by atoms with E-state index in [1.165, 1.54) is 39.9 Å². The van der Waals surface area contributed by atoms with E-state index in [-0.39, 0.29) is 0 Å². The lowest BCUT2D eigenvalue weighted by molar-refractivity contribution is 0.351. The highest BCUT2D eigenvalue weighted by Gasteiger charge is 2.19. The molecule has 0 radical (unpaired) electrons. The Morgan fingerprint density at radius 1 is 1.44 bits per heavy atom. The van der Waals surface area contributed by atoms with Crippen LogP contribution in [0.5, 0.6) is 5.75 Å². The zero-order valence-corrected chi connectivity index (χ0v) is 12.8. The quantitative estimate of drug-likeness (QED) is 0.919. The van der Waals surface area contributed by atoms with Crippen LogP contribution in [-0.4, -0.2) is 24.2 Å². The van der Waals surface area contributed by atoms with Crippen molar-refractivity contribution >= 4 is 27.7 Å². The van der Waals surface area contributed by atoms with E-state index < -0.39 is 0 Å². The summed E-state index contributed by atoms with van der Waals surface area (Å²) in [4.78, 5) is 0. The topological polar surface area (TPSA) is 21.3 Å². The molecule has 98 valence electrons. The Labute approximate surface area is 121 Å². The number of nitrogens with one attached hydrogen (secondary N) is 1. The van der Waals surface area contributed by atoms with E-state index in [4.69, 9.17) is 4.74 Å². The molecule has 1 fully saturated rings. The third-order valence-electron chi connectivity index (χ3n) is 3.57. The molecule has 0 amide bonds. The molecule has 0 aromatic heterocycles. The Hall–Kier alpha value is -0.190. The van der Waals surface area contributed by atoms with Crippen LogP contribution in [-0.2, 0) is 13.0 Å². The Morgan fingerprint density at radius 3 is 3.22 bits per heavy atom. The molecule has 0 bridgehead atoms. The van der Waals surface area contributed by atoms with E-state index in [0.717, 1.165) is 25.3 Å². The minimum Gasteiger partial charge on any atom is -0.493 e. The Kier molecular flexibility index (Phi) is 4.16. The molecule has 0 saturated carbocycles. The Bertz CT molecular complexity index is 432. The molecular weight excluding hydrogens is 310 g/mol. The minimum absolute atomic E-state index is 0.666. The van der Waals surface area contributed by atoms with Gasteiger partial charge in [0.15, 0.2) is 0 Å². The Morgan fingerprint density at radius 2 is 2.39 bits per heavy atom. The number of hydrogen-bond donors (Lipinski definition) is 1. The van der Waals surface area contributed by atoms with E-state index in [1.54, 1.807) is 0 Å². The molecule has 0 spiro atoms. The molecule has 18 heavy (non-hydrogen) atoms. The van der Waals surface area contributed by atoms with E-state index in [2.05, 4.69) is 45.1 Å². The van der Waals surface area contributed by atoms with Gasteiger partial charge in [0.1, 0.15) is 5.75 Å². The average molecular weight is 328 g/mol. The van der Waals surface area contributed by atoms with Gasteiger partial charge >= 0.3 is 0 Å². The first-order valence-electron chi connectivity index (χ1n) is 6.58. The van der Waals surface area contributed by atoms with Gasteiger partial charge in [0.2, 0.25) is 0 Å². The summed E-state index contributed by atoms with van der Waals surface area (Å²) in [6, 6.07) is 5.04. The lowest BCUT2D eigenvalue weighted by Crippen LogP contribution is -2.33. The van der Waals surface area contributed by atoms with E-state index in [1.807, 2.05) is 0 Å². The highest BCUT2D eigenvalue weighted by molar-refractivity contribution is 9.10. The van der Waals surface area contributed by atoms with Crippen molar-refractivity contribution in [3.63, 3.8) is 0 Å². The smallest absolute Gasteiger partial charge is 0.127 e. The number of rotatable bonds is 3. The maximum Gasteiger partial charge on any atom is 0.127 e. The fourth-order valence-electron chi connectivity index (χ4n) is 2.63. The van der Waals surface area contributed by atoms with Crippen LogP contribution < -0.4 is 10.1 Å². The van der Waals surface area contributed by atoms with Crippen LogP contribution >= 0.6 is 27.7 Å². The van der Waals surface area contributed by atoms with Gasteiger partial charge in [-0.1, -0.05) is 15.9 Å². The fourth-order valence-corrected chi connectivity index (χ4v) is 4.29. The van der Waals surface area contributed by atoms with Gasteiger partial charge in [-0.3, -0.25) is 0 Å². The highest BCUT2D eigenvalue weighted by atomic mass is 79.9. The zero-order chi connectivity index (χ0) is 12.4. The molecule has 1 aromatic rings. The second-order valence-electron chi connectivity index (χ2n) is 4.95. The van der Waals surface area contributed by atoms with Gasteiger partial charge in [-0.2, -0.15) is 11.8 Å². The van der Waals surface area contributed by atoms with E-state index in [0.29, 0.717) is 6.04 Å². The first-order valence-corrected chi connectivity index (χ1v) is 8.53. The minimum atomic E-state index is 0.666. The summed E-state index contributed by atoms with van der Waals surface area (Å²) in [6.45, 7) is 1.76. The molecule has 2 aliphatic heterocycles. The predicted molar refractivity (Wildman–Crippen MR) is 80.5 cm³/mol. The predicted octanol–water partition coefficient (Wildman–Crippen LogP) is 3.37. The summed E-state index contributed by atoms with van der Waals surface area (Å²) in [5.74, 6) is 3.69. The molecule has 1 atom stereocenters. The largest absolute Gasteiger partial charge is 0.493 e. The number of thioether (sulfide) groups is 1. The second kappa shape index (κ2) is 5.85. The van der Waals surface area contributed by atoms with Crippen molar-refractivity contribution in [2.75, 3.05) is 18.1 Å². The summed E-state index contributed by atoms with van der Waals surface area (Å²) >= 11 is 5.66. The number of fused-ring (bicyclic) bond motifs is 1. The maximum atomic E-state index is 5.76. The fraction of sp³-hybridized carbons (Fsp3) is 0.571. The summed E-state index contributed by atoms with van der Waals surface area (Å²) in [5.41, 5.74) is 2.65. The molecule has 2 aliphatic rings. The van der Waals surface area contributed by atoms with Crippen LogP contribution in [0.4, 0.5) is 0 Å². The van der Waals surface area contributed by atoms with Crippen molar-refractivity contribution in [2.45, 2.75) is 31.8 Å². The highest BCUT2D eigenvalue weighted by Crippen LogP contribution is 2.33. The number of benzene rings is 1. The van der Waals surface area contributed by atoms with Gasteiger partial charge < -0.3 is 10.1 Å². The van der Waals surface area contributed by atoms with Gasteiger partial charge in [-0.05, 0) is 36.3 Å². The molecule has 2 nitrogen and oxygen atoms in total.